The monoisotopic (exact) mass is 667 g/mol. The van der Waals surface area contributed by atoms with Crippen LogP contribution < -0.4 is 19.1 Å². The van der Waals surface area contributed by atoms with Gasteiger partial charge in [0.2, 0.25) is 11.8 Å². The Morgan fingerprint density at radius 2 is 1.55 bits per heavy atom. The summed E-state index contributed by atoms with van der Waals surface area (Å²) in [4.78, 5) is 28.8. The van der Waals surface area contributed by atoms with Crippen molar-refractivity contribution in [1.82, 2.24) is 10.2 Å². The van der Waals surface area contributed by atoms with E-state index in [2.05, 4.69) is 5.32 Å². The Kier molecular flexibility index (Phi) is 11.5. The molecular formula is C31H36Cl2FN3O6S. The fraction of sp³-hybridized carbons (Fsp3) is 0.355. The van der Waals surface area contributed by atoms with Gasteiger partial charge in [-0.1, -0.05) is 36.2 Å². The van der Waals surface area contributed by atoms with E-state index in [-0.39, 0.29) is 39.3 Å². The zero-order valence-electron chi connectivity index (χ0n) is 25.4. The van der Waals surface area contributed by atoms with Crippen LogP contribution in [0.3, 0.4) is 0 Å². The molecule has 0 heterocycles. The highest BCUT2D eigenvalue weighted by atomic mass is 35.5. The maximum Gasteiger partial charge on any atom is 0.264 e. The summed E-state index contributed by atoms with van der Waals surface area (Å²) in [5, 5.41) is 3.44. The van der Waals surface area contributed by atoms with E-state index in [9.17, 15) is 22.4 Å². The Hall–Kier alpha value is -3.54. The molecule has 44 heavy (non-hydrogen) atoms. The number of hydrogen-bond donors (Lipinski definition) is 1. The average molecular weight is 669 g/mol. The largest absolute Gasteiger partial charge is 0.493 e. The number of hydrogen-bond acceptors (Lipinski definition) is 6. The molecule has 9 nitrogen and oxygen atoms in total. The smallest absolute Gasteiger partial charge is 0.264 e. The number of amides is 2. The lowest BCUT2D eigenvalue weighted by Gasteiger charge is -2.35. The van der Waals surface area contributed by atoms with Crippen LogP contribution in [0.4, 0.5) is 10.1 Å². The highest BCUT2D eigenvalue weighted by molar-refractivity contribution is 7.92. The van der Waals surface area contributed by atoms with Gasteiger partial charge in [0, 0.05) is 33.8 Å². The number of rotatable bonds is 12. The van der Waals surface area contributed by atoms with Gasteiger partial charge < -0.3 is 19.7 Å². The number of nitrogens with zero attached hydrogens (tertiary/aromatic N) is 2. The van der Waals surface area contributed by atoms with Gasteiger partial charge in [-0.25, -0.2) is 12.8 Å². The van der Waals surface area contributed by atoms with Crippen LogP contribution in [0.1, 0.15) is 39.7 Å². The molecule has 0 spiro atoms. The van der Waals surface area contributed by atoms with Crippen molar-refractivity contribution in [1.29, 1.82) is 0 Å². The number of halogens is 3. The van der Waals surface area contributed by atoms with Gasteiger partial charge in [0.05, 0.1) is 24.8 Å². The standard InChI is InChI=1S/C31H36Cl2FN3O6S/c1-7-26(30(39)35-31(2,3)4)36(18-23-24(32)9-8-10-25(23)33)29(38)19-37(21-13-11-20(34)12-14-21)44(40,41)22-15-16-27(42-5)28(17-22)43-6/h8-17,26H,7,18-19H2,1-6H3,(H,35,39)/t26-/m1/s1. The molecule has 3 aromatic carbocycles. The molecule has 0 aliphatic carbocycles. The summed E-state index contributed by atoms with van der Waals surface area (Å²) in [7, 11) is -1.67. The molecule has 0 aromatic heterocycles. The Balaban J connectivity index is 2.15. The Labute approximate surface area is 267 Å². The molecule has 0 saturated carbocycles. The number of benzene rings is 3. The number of sulfonamides is 1. The first-order valence-electron chi connectivity index (χ1n) is 13.7. The van der Waals surface area contributed by atoms with Gasteiger partial charge in [0.15, 0.2) is 11.5 Å². The van der Waals surface area contributed by atoms with Gasteiger partial charge in [-0.2, -0.15) is 0 Å². The van der Waals surface area contributed by atoms with Crippen molar-refractivity contribution in [3.63, 3.8) is 0 Å². The summed E-state index contributed by atoms with van der Waals surface area (Å²) in [6.45, 7) is 6.24. The van der Waals surface area contributed by atoms with E-state index in [1.165, 1.54) is 49.5 Å². The quantitative estimate of drug-likeness (QED) is 0.252. The zero-order valence-corrected chi connectivity index (χ0v) is 27.7. The van der Waals surface area contributed by atoms with Gasteiger partial charge in [-0.3, -0.25) is 13.9 Å². The average Bonchev–Trinajstić information content (AvgIpc) is 2.96. The molecule has 3 aromatic rings. The van der Waals surface area contributed by atoms with Crippen molar-refractivity contribution in [3.05, 3.63) is 82.1 Å². The molecule has 3 rings (SSSR count). The van der Waals surface area contributed by atoms with Crippen LogP contribution in [0.5, 0.6) is 11.5 Å². The maximum atomic E-state index is 14.2. The second-order valence-electron chi connectivity index (χ2n) is 10.9. The molecule has 0 fully saturated rings. The summed E-state index contributed by atoms with van der Waals surface area (Å²) in [6, 6.07) is 12.5. The van der Waals surface area contributed by atoms with Crippen LogP contribution in [0.15, 0.2) is 65.6 Å². The first kappa shape index (κ1) is 34.9. The third kappa shape index (κ3) is 8.34. The summed E-state index contributed by atoms with van der Waals surface area (Å²) >= 11 is 12.9. The Morgan fingerprint density at radius 1 is 0.955 bits per heavy atom. The van der Waals surface area contributed by atoms with E-state index in [1.54, 1.807) is 45.9 Å². The van der Waals surface area contributed by atoms with E-state index < -0.39 is 45.8 Å². The van der Waals surface area contributed by atoms with Crippen LogP contribution in [0.25, 0.3) is 0 Å². The predicted octanol–water partition coefficient (Wildman–Crippen LogP) is 6.07. The van der Waals surface area contributed by atoms with Gasteiger partial charge in [-0.15, -0.1) is 0 Å². The van der Waals surface area contributed by atoms with Gasteiger partial charge in [0.1, 0.15) is 18.4 Å². The second kappa shape index (κ2) is 14.5. The lowest BCUT2D eigenvalue weighted by molar-refractivity contribution is -0.141. The lowest BCUT2D eigenvalue weighted by Crippen LogP contribution is -2.55. The van der Waals surface area contributed by atoms with Crippen LogP contribution in [-0.4, -0.2) is 57.5 Å². The lowest BCUT2D eigenvalue weighted by atomic mass is 10.1. The fourth-order valence-corrected chi connectivity index (χ4v) is 6.41. The van der Waals surface area contributed by atoms with E-state index in [0.717, 1.165) is 16.4 Å². The Bertz CT molecular complexity index is 1580. The van der Waals surface area contributed by atoms with Crippen molar-refractivity contribution >= 4 is 50.7 Å². The molecule has 1 N–H and O–H groups in total. The predicted molar refractivity (Wildman–Crippen MR) is 169 cm³/mol. The molecule has 0 aliphatic heterocycles. The van der Waals surface area contributed by atoms with Crippen LogP contribution in [0, 0.1) is 5.82 Å². The van der Waals surface area contributed by atoms with Gasteiger partial charge in [-0.05, 0) is 75.7 Å². The van der Waals surface area contributed by atoms with Gasteiger partial charge in [0.25, 0.3) is 10.0 Å². The normalized spacial score (nSPS) is 12.3. The first-order valence-corrected chi connectivity index (χ1v) is 15.9. The molecular weight excluding hydrogens is 632 g/mol. The molecule has 238 valence electrons. The third-order valence-corrected chi connectivity index (χ3v) is 9.09. The molecule has 1 atom stereocenters. The molecule has 0 aliphatic rings. The number of nitrogens with one attached hydrogen (secondary N) is 1. The maximum absolute atomic E-state index is 14.2. The fourth-order valence-electron chi connectivity index (χ4n) is 4.47. The van der Waals surface area contributed by atoms with Crippen LogP contribution in [-0.2, 0) is 26.2 Å². The van der Waals surface area contributed by atoms with Crippen LogP contribution in [0.2, 0.25) is 10.0 Å². The van der Waals surface area contributed by atoms with E-state index in [4.69, 9.17) is 32.7 Å². The van der Waals surface area contributed by atoms with E-state index in [1.807, 2.05) is 0 Å². The molecule has 0 saturated heterocycles. The molecule has 0 radical (unpaired) electrons. The Morgan fingerprint density at radius 3 is 2.07 bits per heavy atom. The molecule has 13 heteroatoms. The summed E-state index contributed by atoms with van der Waals surface area (Å²) < 4.78 is 53.5. The summed E-state index contributed by atoms with van der Waals surface area (Å²) in [6.07, 6.45) is 0.203. The van der Waals surface area contributed by atoms with E-state index >= 15 is 0 Å². The highest BCUT2D eigenvalue weighted by Crippen LogP contribution is 2.33. The van der Waals surface area contributed by atoms with Gasteiger partial charge >= 0.3 is 0 Å². The second-order valence-corrected chi connectivity index (χ2v) is 13.6. The van der Waals surface area contributed by atoms with Crippen molar-refractivity contribution in [3.8, 4) is 11.5 Å². The molecule has 0 bridgehead atoms. The minimum absolute atomic E-state index is 0.0254. The van der Waals surface area contributed by atoms with E-state index in [0.29, 0.717) is 11.3 Å². The SMILES string of the molecule is CC[C@H](C(=O)NC(C)(C)C)N(Cc1c(Cl)cccc1Cl)C(=O)CN(c1ccc(F)cc1)S(=O)(=O)c1ccc(OC)c(OC)c1. The molecule has 0 unspecified atom stereocenters. The minimum atomic E-state index is -4.45. The number of carbonyl (C=O) groups excluding carboxylic acids is 2. The number of anilines is 1. The third-order valence-electron chi connectivity index (χ3n) is 6.61. The summed E-state index contributed by atoms with van der Waals surface area (Å²) in [5.41, 5.74) is -0.197. The van der Waals surface area contributed by atoms with Crippen LogP contribution >= 0.6 is 23.2 Å². The number of carbonyl (C=O) groups is 2. The van der Waals surface area contributed by atoms with Crippen molar-refractivity contribution in [2.24, 2.45) is 0 Å². The minimum Gasteiger partial charge on any atom is -0.493 e. The number of ether oxygens (including phenoxy) is 2. The van der Waals surface area contributed by atoms with Crippen molar-refractivity contribution in [2.45, 2.75) is 57.1 Å². The molecule has 2 amide bonds. The van der Waals surface area contributed by atoms with Crippen molar-refractivity contribution in [2.75, 3.05) is 25.1 Å². The summed E-state index contributed by atoms with van der Waals surface area (Å²) in [5.74, 6) is -1.30. The number of methoxy groups -OCH3 is 2. The zero-order chi connectivity index (χ0) is 32.8. The highest BCUT2D eigenvalue weighted by Gasteiger charge is 2.35. The topological polar surface area (TPSA) is 105 Å². The first-order chi connectivity index (χ1) is 20.6. The van der Waals surface area contributed by atoms with Crippen molar-refractivity contribution < 1.29 is 31.9 Å².